The van der Waals surface area contributed by atoms with Crippen LogP contribution in [0, 0.1) is 13.8 Å². The molecule has 3 rings (SSSR count). The largest absolute Gasteiger partial charge is 0.305 e. The lowest BCUT2D eigenvalue weighted by molar-refractivity contribution is 0.103. The highest BCUT2D eigenvalue weighted by Gasteiger charge is 2.18. The molecule has 0 heterocycles. The van der Waals surface area contributed by atoms with E-state index in [1.807, 2.05) is 43.3 Å². The number of nitrogens with zero attached hydrogens (tertiary/aromatic N) is 1. The Morgan fingerprint density at radius 3 is 2.12 bits per heavy atom. The second-order valence-electron chi connectivity index (χ2n) is 7.01. The van der Waals surface area contributed by atoms with E-state index < -0.39 is 0 Å². The summed E-state index contributed by atoms with van der Waals surface area (Å²) in [6, 6.07) is 22.2. The lowest BCUT2D eigenvalue weighted by atomic mass is 9.88. The summed E-state index contributed by atoms with van der Waals surface area (Å²) in [5, 5.41) is 0. The van der Waals surface area contributed by atoms with Crippen molar-refractivity contribution >= 4 is 5.78 Å². The Balaban J connectivity index is 2.14. The van der Waals surface area contributed by atoms with Crippen molar-refractivity contribution in [2.24, 2.45) is 0 Å². The molecule has 2 nitrogen and oxygen atoms in total. The number of benzene rings is 3. The SMILES string of the molecule is Cc1ccccc1C(=O)c1ccc(-c2ccccc2)c(CN(C)C)c1C. The number of carbonyl (C=O) groups is 1. The van der Waals surface area contributed by atoms with Crippen molar-refractivity contribution in [3.05, 3.63) is 94.5 Å². The molecule has 0 amide bonds. The summed E-state index contributed by atoms with van der Waals surface area (Å²) in [4.78, 5) is 15.3. The minimum Gasteiger partial charge on any atom is -0.305 e. The number of carbonyl (C=O) groups excluding carboxylic acids is 1. The molecule has 3 aromatic carbocycles. The van der Waals surface area contributed by atoms with Crippen molar-refractivity contribution in [3.8, 4) is 11.1 Å². The molecular weight excluding hydrogens is 318 g/mol. The van der Waals surface area contributed by atoms with Crippen LogP contribution < -0.4 is 0 Å². The zero-order chi connectivity index (χ0) is 18.7. The molecule has 0 aliphatic carbocycles. The highest BCUT2D eigenvalue weighted by atomic mass is 16.1. The van der Waals surface area contributed by atoms with Gasteiger partial charge in [0.05, 0.1) is 0 Å². The summed E-state index contributed by atoms with van der Waals surface area (Å²) in [6.45, 7) is 4.85. The Bertz CT molecular complexity index is 926. The van der Waals surface area contributed by atoms with Gasteiger partial charge in [0.25, 0.3) is 0 Å². The lowest BCUT2D eigenvalue weighted by Gasteiger charge is -2.20. The van der Waals surface area contributed by atoms with Crippen molar-refractivity contribution in [1.29, 1.82) is 0 Å². The second-order valence-corrected chi connectivity index (χ2v) is 7.01. The van der Waals surface area contributed by atoms with Crippen molar-refractivity contribution in [3.63, 3.8) is 0 Å². The lowest BCUT2D eigenvalue weighted by Crippen LogP contribution is -2.15. The minimum atomic E-state index is 0.0974. The first-order valence-electron chi connectivity index (χ1n) is 8.92. The topological polar surface area (TPSA) is 20.3 Å². The average Bonchev–Trinajstić information content (AvgIpc) is 2.63. The number of ketones is 1. The molecule has 0 bridgehead atoms. The molecule has 26 heavy (non-hydrogen) atoms. The third-order valence-corrected chi connectivity index (χ3v) is 4.79. The van der Waals surface area contributed by atoms with E-state index in [2.05, 4.69) is 56.3 Å². The maximum atomic E-state index is 13.2. The maximum Gasteiger partial charge on any atom is 0.193 e. The van der Waals surface area contributed by atoms with E-state index in [1.165, 1.54) is 16.7 Å². The molecule has 0 aromatic heterocycles. The summed E-state index contributed by atoms with van der Waals surface area (Å²) < 4.78 is 0. The molecule has 0 saturated heterocycles. The van der Waals surface area contributed by atoms with E-state index >= 15 is 0 Å². The highest BCUT2D eigenvalue weighted by molar-refractivity contribution is 6.11. The van der Waals surface area contributed by atoms with Gasteiger partial charge in [-0.15, -0.1) is 0 Å². The van der Waals surface area contributed by atoms with Gasteiger partial charge in [0.15, 0.2) is 5.78 Å². The van der Waals surface area contributed by atoms with Gasteiger partial charge in [-0.1, -0.05) is 66.7 Å². The fraction of sp³-hybridized carbons (Fsp3) is 0.208. The quantitative estimate of drug-likeness (QED) is 0.589. The normalized spacial score (nSPS) is 11.0. The van der Waals surface area contributed by atoms with Gasteiger partial charge >= 0.3 is 0 Å². The first-order chi connectivity index (χ1) is 12.5. The molecule has 2 heteroatoms. The van der Waals surface area contributed by atoms with Crippen molar-refractivity contribution in [2.75, 3.05) is 14.1 Å². The van der Waals surface area contributed by atoms with Crippen LogP contribution in [0.5, 0.6) is 0 Å². The Labute approximate surface area is 156 Å². The smallest absolute Gasteiger partial charge is 0.193 e. The second kappa shape index (κ2) is 7.67. The van der Waals surface area contributed by atoms with E-state index in [0.29, 0.717) is 0 Å². The maximum absolute atomic E-state index is 13.2. The fourth-order valence-corrected chi connectivity index (χ4v) is 3.38. The molecule has 0 atom stereocenters. The molecule has 0 spiro atoms. The van der Waals surface area contributed by atoms with Crippen LogP contribution in [-0.2, 0) is 6.54 Å². The first kappa shape index (κ1) is 18.1. The van der Waals surface area contributed by atoms with Crippen LogP contribution in [0.4, 0.5) is 0 Å². The summed E-state index contributed by atoms with van der Waals surface area (Å²) in [5.74, 6) is 0.0974. The molecule has 132 valence electrons. The van der Waals surface area contributed by atoms with Gasteiger partial charge in [0.1, 0.15) is 0 Å². The molecule has 0 N–H and O–H groups in total. The summed E-state index contributed by atoms with van der Waals surface area (Å²) in [7, 11) is 4.12. The van der Waals surface area contributed by atoms with Crippen LogP contribution in [0.25, 0.3) is 11.1 Å². The Morgan fingerprint density at radius 2 is 1.46 bits per heavy atom. The molecule has 0 unspecified atom stereocenters. The van der Waals surface area contributed by atoms with Crippen molar-refractivity contribution in [1.82, 2.24) is 4.90 Å². The van der Waals surface area contributed by atoms with Gasteiger partial charge in [-0.25, -0.2) is 0 Å². The van der Waals surface area contributed by atoms with Gasteiger partial charge < -0.3 is 4.90 Å². The molecule has 0 aliphatic heterocycles. The van der Waals surface area contributed by atoms with Crippen LogP contribution in [-0.4, -0.2) is 24.8 Å². The van der Waals surface area contributed by atoms with Crippen molar-refractivity contribution < 1.29 is 4.79 Å². The molecule has 0 radical (unpaired) electrons. The van der Waals surface area contributed by atoms with E-state index in [9.17, 15) is 4.79 Å². The first-order valence-corrected chi connectivity index (χ1v) is 8.92. The Morgan fingerprint density at radius 1 is 0.808 bits per heavy atom. The van der Waals surface area contributed by atoms with Gasteiger partial charge in [-0.2, -0.15) is 0 Å². The summed E-state index contributed by atoms with van der Waals surface area (Å²) >= 11 is 0. The number of aryl methyl sites for hydroxylation is 1. The molecule has 0 saturated carbocycles. The summed E-state index contributed by atoms with van der Waals surface area (Å²) in [6.07, 6.45) is 0. The van der Waals surface area contributed by atoms with Gasteiger partial charge in [-0.3, -0.25) is 4.79 Å². The van der Waals surface area contributed by atoms with Crippen LogP contribution in [0.3, 0.4) is 0 Å². The van der Waals surface area contributed by atoms with Gasteiger partial charge in [-0.05, 0) is 55.8 Å². The van der Waals surface area contributed by atoms with Crippen LogP contribution in [0.1, 0.15) is 32.6 Å². The van der Waals surface area contributed by atoms with Gasteiger partial charge in [0.2, 0.25) is 0 Å². The van der Waals surface area contributed by atoms with Gasteiger partial charge in [0, 0.05) is 17.7 Å². The third kappa shape index (κ3) is 3.61. The zero-order valence-corrected chi connectivity index (χ0v) is 15.9. The molecular formula is C24H25NO. The zero-order valence-electron chi connectivity index (χ0n) is 15.9. The molecule has 0 aliphatic rings. The van der Waals surface area contributed by atoms with E-state index in [1.54, 1.807) is 0 Å². The monoisotopic (exact) mass is 343 g/mol. The predicted molar refractivity (Wildman–Crippen MR) is 109 cm³/mol. The van der Waals surface area contributed by atoms with E-state index in [-0.39, 0.29) is 5.78 Å². The third-order valence-electron chi connectivity index (χ3n) is 4.79. The fourth-order valence-electron chi connectivity index (χ4n) is 3.38. The highest BCUT2D eigenvalue weighted by Crippen LogP contribution is 2.30. The number of hydrogen-bond donors (Lipinski definition) is 0. The Kier molecular flexibility index (Phi) is 5.34. The number of hydrogen-bond acceptors (Lipinski definition) is 2. The van der Waals surface area contributed by atoms with E-state index in [4.69, 9.17) is 0 Å². The molecule has 3 aromatic rings. The minimum absolute atomic E-state index is 0.0974. The van der Waals surface area contributed by atoms with Crippen molar-refractivity contribution in [2.45, 2.75) is 20.4 Å². The molecule has 0 fully saturated rings. The standard InChI is InChI=1S/C24H25NO/c1-17-10-8-9-13-20(17)24(26)21-14-15-22(19-11-6-5-7-12-19)23(18(21)2)16-25(3)4/h5-15H,16H2,1-4H3. The van der Waals surface area contributed by atoms with Crippen LogP contribution in [0.15, 0.2) is 66.7 Å². The summed E-state index contributed by atoms with van der Waals surface area (Å²) in [5.41, 5.74) is 7.22. The Hall–Kier alpha value is -2.71. The predicted octanol–water partition coefficient (Wildman–Crippen LogP) is 5.26. The average molecular weight is 343 g/mol. The number of rotatable bonds is 5. The van der Waals surface area contributed by atoms with E-state index in [0.717, 1.165) is 28.8 Å². The van der Waals surface area contributed by atoms with Crippen LogP contribution >= 0.6 is 0 Å². The van der Waals surface area contributed by atoms with Crippen LogP contribution in [0.2, 0.25) is 0 Å².